The Hall–Kier alpha value is -2.21. The van der Waals surface area contributed by atoms with Crippen molar-refractivity contribution in [1.29, 1.82) is 0 Å². The molecule has 0 unspecified atom stereocenters. The maximum absolute atomic E-state index is 12.4. The highest BCUT2D eigenvalue weighted by Gasteiger charge is 2.18. The number of ether oxygens (including phenoxy) is 1. The van der Waals surface area contributed by atoms with E-state index in [0.29, 0.717) is 35.6 Å². The van der Waals surface area contributed by atoms with Crippen molar-refractivity contribution in [3.8, 4) is 5.88 Å². The maximum Gasteiger partial charge on any atom is 0.226 e. The second-order valence-electron chi connectivity index (χ2n) is 6.98. The molecule has 2 heterocycles. The minimum Gasteiger partial charge on any atom is -0.477 e. The van der Waals surface area contributed by atoms with Crippen LogP contribution in [0.15, 0.2) is 24.7 Å². The van der Waals surface area contributed by atoms with Gasteiger partial charge in [-0.3, -0.25) is 4.79 Å². The molecule has 0 aromatic carbocycles. The Balaban J connectivity index is 2.30. The van der Waals surface area contributed by atoms with Gasteiger partial charge in [-0.05, 0) is 25.6 Å². The molecular formula is C17H24N4O2. The van der Waals surface area contributed by atoms with Gasteiger partial charge in [0.05, 0.1) is 17.6 Å². The average molecular weight is 316 g/mol. The second-order valence-corrected chi connectivity index (χ2v) is 6.98. The highest BCUT2D eigenvalue weighted by Crippen LogP contribution is 2.27. The number of aromatic amines is 1. The highest BCUT2D eigenvalue weighted by molar-refractivity contribution is 6.13. The van der Waals surface area contributed by atoms with Gasteiger partial charge in [0.1, 0.15) is 12.0 Å². The lowest BCUT2D eigenvalue weighted by molar-refractivity contribution is 0.104. The van der Waals surface area contributed by atoms with Crippen molar-refractivity contribution in [3.63, 3.8) is 0 Å². The van der Waals surface area contributed by atoms with Crippen LogP contribution in [-0.2, 0) is 0 Å². The Morgan fingerprint density at radius 1 is 1.35 bits per heavy atom. The quantitative estimate of drug-likeness (QED) is 0.655. The Bertz CT molecular complexity index is 711. The summed E-state index contributed by atoms with van der Waals surface area (Å²) < 4.78 is 5.82. The first-order valence-electron chi connectivity index (χ1n) is 7.58. The number of nitrogens with one attached hydrogen (secondary N) is 1. The molecule has 0 radical (unpaired) electrons. The Morgan fingerprint density at radius 2 is 2.09 bits per heavy atom. The molecule has 0 aliphatic heterocycles. The number of carbonyl (C=O) groups is 1. The van der Waals surface area contributed by atoms with Crippen LogP contribution < -0.4 is 4.74 Å². The first-order chi connectivity index (χ1) is 10.8. The SMILES string of the molecule is CN(C)C/C=C/C(=O)c1c[nH]c2ncnc(OCC(C)(C)C)c12. The zero-order chi connectivity index (χ0) is 17.0. The Kier molecular flexibility index (Phi) is 5.15. The number of ketones is 1. The molecule has 0 aliphatic carbocycles. The molecule has 23 heavy (non-hydrogen) atoms. The van der Waals surface area contributed by atoms with Crippen LogP contribution in [0.2, 0.25) is 0 Å². The summed E-state index contributed by atoms with van der Waals surface area (Å²) in [5.74, 6) is 0.351. The first-order valence-corrected chi connectivity index (χ1v) is 7.58. The fraction of sp³-hybridized carbons (Fsp3) is 0.471. The lowest BCUT2D eigenvalue weighted by Crippen LogP contribution is -2.17. The summed E-state index contributed by atoms with van der Waals surface area (Å²) >= 11 is 0. The van der Waals surface area contributed by atoms with Gasteiger partial charge in [-0.25, -0.2) is 9.97 Å². The summed E-state index contributed by atoms with van der Waals surface area (Å²) in [5, 5.41) is 0.635. The molecule has 6 heteroatoms. The van der Waals surface area contributed by atoms with Crippen molar-refractivity contribution in [3.05, 3.63) is 30.2 Å². The van der Waals surface area contributed by atoms with E-state index in [9.17, 15) is 4.79 Å². The van der Waals surface area contributed by atoms with Gasteiger partial charge >= 0.3 is 0 Å². The molecule has 6 nitrogen and oxygen atoms in total. The topological polar surface area (TPSA) is 71.1 Å². The number of nitrogens with zero attached hydrogens (tertiary/aromatic N) is 3. The van der Waals surface area contributed by atoms with Gasteiger partial charge in [0.15, 0.2) is 5.78 Å². The summed E-state index contributed by atoms with van der Waals surface area (Å²) in [6.07, 6.45) is 6.50. The average Bonchev–Trinajstić information content (AvgIpc) is 2.88. The molecule has 0 bridgehead atoms. The number of hydrogen-bond acceptors (Lipinski definition) is 5. The summed E-state index contributed by atoms with van der Waals surface area (Å²) in [7, 11) is 3.90. The third-order valence-corrected chi connectivity index (χ3v) is 3.08. The standard InChI is InChI=1S/C17H24N4O2/c1-17(2,3)10-23-16-14-12(9-18-15(14)19-11-20-16)13(22)7-6-8-21(4)5/h6-7,9,11H,8,10H2,1-5H3,(H,18,19,20)/b7-6+. The van der Waals surface area contributed by atoms with Gasteiger partial charge in [-0.1, -0.05) is 26.8 Å². The van der Waals surface area contributed by atoms with Crippen molar-refractivity contribution >= 4 is 16.8 Å². The molecule has 1 N–H and O–H groups in total. The molecule has 2 rings (SSSR count). The lowest BCUT2D eigenvalue weighted by Gasteiger charge is -2.18. The summed E-state index contributed by atoms with van der Waals surface area (Å²) in [6.45, 7) is 7.46. The van der Waals surface area contributed by atoms with Crippen LogP contribution in [0.25, 0.3) is 11.0 Å². The van der Waals surface area contributed by atoms with Gasteiger partial charge in [-0.15, -0.1) is 0 Å². The van der Waals surface area contributed by atoms with E-state index in [1.165, 1.54) is 6.33 Å². The van der Waals surface area contributed by atoms with Crippen LogP contribution in [0.4, 0.5) is 0 Å². The number of allylic oxidation sites excluding steroid dienone is 1. The van der Waals surface area contributed by atoms with Crippen LogP contribution in [-0.4, -0.2) is 52.9 Å². The van der Waals surface area contributed by atoms with Crippen molar-refractivity contribution in [2.75, 3.05) is 27.2 Å². The minimum atomic E-state index is -0.0893. The van der Waals surface area contributed by atoms with Gasteiger partial charge in [0.25, 0.3) is 0 Å². The van der Waals surface area contributed by atoms with Crippen LogP contribution >= 0.6 is 0 Å². The number of H-pyrrole nitrogens is 1. The highest BCUT2D eigenvalue weighted by atomic mass is 16.5. The van der Waals surface area contributed by atoms with Gasteiger partial charge in [0, 0.05) is 12.7 Å². The maximum atomic E-state index is 12.4. The van der Waals surface area contributed by atoms with Crippen LogP contribution in [0, 0.1) is 5.41 Å². The van der Waals surface area contributed by atoms with Gasteiger partial charge < -0.3 is 14.6 Å². The summed E-state index contributed by atoms with van der Waals surface area (Å²) in [5.41, 5.74) is 1.14. The fourth-order valence-electron chi connectivity index (χ4n) is 1.98. The van der Waals surface area contributed by atoms with Gasteiger partial charge in [0.2, 0.25) is 5.88 Å². The third-order valence-electron chi connectivity index (χ3n) is 3.08. The molecule has 0 fully saturated rings. The zero-order valence-electron chi connectivity index (χ0n) is 14.4. The van der Waals surface area contributed by atoms with E-state index in [0.717, 1.165) is 0 Å². The molecule has 0 atom stereocenters. The lowest BCUT2D eigenvalue weighted by atomic mass is 9.99. The van der Waals surface area contributed by atoms with Crippen molar-refractivity contribution in [2.24, 2.45) is 5.41 Å². The predicted molar refractivity (Wildman–Crippen MR) is 90.9 cm³/mol. The molecular weight excluding hydrogens is 292 g/mol. The number of likely N-dealkylation sites (N-methyl/N-ethyl adjacent to an activating group) is 1. The smallest absolute Gasteiger partial charge is 0.226 e. The molecule has 2 aromatic rings. The van der Waals surface area contributed by atoms with Crippen molar-refractivity contribution < 1.29 is 9.53 Å². The molecule has 2 aromatic heterocycles. The number of aromatic nitrogens is 3. The van der Waals surface area contributed by atoms with Crippen LogP contribution in [0.5, 0.6) is 5.88 Å². The van der Waals surface area contributed by atoms with E-state index < -0.39 is 0 Å². The number of hydrogen-bond donors (Lipinski definition) is 1. The molecule has 0 saturated heterocycles. The number of rotatable bonds is 6. The summed E-state index contributed by atoms with van der Waals surface area (Å²) in [6, 6.07) is 0. The predicted octanol–water partition coefficient (Wildman–Crippen LogP) is 2.68. The molecule has 0 spiro atoms. The van der Waals surface area contributed by atoms with E-state index in [4.69, 9.17) is 4.74 Å². The van der Waals surface area contributed by atoms with E-state index >= 15 is 0 Å². The van der Waals surface area contributed by atoms with Crippen molar-refractivity contribution in [1.82, 2.24) is 19.9 Å². The molecule has 0 saturated carbocycles. The van der Waals surface area contributed by atoms with Crippen LogP contribution in [0.1, 0.15) is 31.1 Å². The van der Waals surface area contributed by atoms with Gasteiger partial charge in [-0.2, -0.15) is 0 Å². The minimum absolute atomic E-state index is 0.00334. The largest absolute Gasteiger partial charge is 0.477 e. The van der Waals surface area contributed by atoms with E-state index in [1.54, 1.807) is 12.3 Å². The third kappa shape index (κ3) is 4.63. The Morgan fingerprint density at radius 3 is 2.74 bits per heavy atom. The number of carbonyl (C=O) groups excluding carboxylic acids is 1. The van der Waals surface area contributed by atoms with E-state index in [-0.39, 0.29) is 11.2 Å². The van der Waals surface area contributed by atoms with E-state index in [2.05, 4.69) is 35.7 Å². The first kappa shape index (κ1) is 17.1. The molecule has 124 valence electrons. The zero-order valence-corrected chi connectivity index (χ0v) is 14.4. The molecule has 0 amide bonds. The van der Waals surface area contributed by atoms with E-state index in [1.807, 2.05) is 25.1 Å². The Labute approximate surface area is 136 Å². The van der Waals surface area contributed by atoms with Crippen LogP contribution in [0.3, 0.4) is 0 Å². The summed E-state index contributed by atoms with van der Waals surface area (Å²) in [4.78, 5) is 25.8. The fourth-order valence-corrected chi connectivity index (χ4v) is 1.98. The monoisotopic (exact) mass is 316 g/mol. The number of fused-ring (bicyclic) bond motifs is 1. The normalized spacial score (nSPS) is 12.4. The van der Waals surface area contributed by atoms with Crippen molar-refractivity contribution in [2.45, 2.75) is 20.8 Å². The molecule has 0 aliphatic rings. The second kappa shape index (κ2) is 6.91.